The van der Waals surface area contributed by atoms with Gasteiger partial charge in [-0.25, -0.2) is 13.8 Å². The smallest absolute Gasteiger partial charge is 0.235 e. The normalized spacial score (nSPS) is 13.8. The second kappa shape index (κ2) is 9.53. The largest absolute Gasteiger partial charge is 0.395 e. The summed E-state index contributed by atoms with van der Waals surface area (Å²) < 4.78 is 28.3. The van der Waals surface area contributed by atoms with Gasteiger partial charge in [0.15, 0.2) is 5.13 Å². The molecule has 1 saturated heterocycles. The molecule has 2 aromatic carbocycles. The quantitative estimate of drug-likeness (QED) is 0.505. The van der Waals surface area contributed by atoms with E-state index in [1.165, 1.54) is 22.3 Å². The summed E-state index contributed by atoms with van der Waals surface area (Å²) >= 11 is 2.43. The highest BCUT2D eigenvalue weighted by Crippen LogP contribution is 2.34. The molecule has 3 N–H and O–H groups in total. The Hall–Kier alpha value is -2.53. The number of rotatable bonds is 7. The first kappa shape index (κ1) is 22.7. The van der Waals surface area contributed by atoms with Crippen molar-refractivity contribution in [3.8, 4) is 11.1 Å². The van der Waals surface area contributed by atoms with Crippen LogP contribution in [0.4, 0.5) is 19.6 Å². The van der Waals surface area contributed by atoms with E-state index in [4.69, 9.17) is 5.14 Å². The zero-order chi connectivity index (χ0) is 22.8. The van der Waals surface area contributed by atoms with Crippen LogP contribution >= 0.6 is 23.3 Å². The van der Waals surface area contributed by atoms with Crippen molar-refractivity contribution in [2.24, 2.45) is 11.1 Å². The van der Waals surface area contributed by atoms with Crippen LogP contribution in [0.5, 0.6) is 0 Å². The van der Waals surface area contributed by atoms with E-state index in [1.54, 1.807) is 12.1 Å². The SMILES string of the molecule is Cc1nc(N(CCO)C(=O)C2CN(c3ccc(-c4cc(F)ccc4F)cc3)C2)sc1SN. The lowest BCUT2D eigenvalue weighted by atomic mass is 9.96. The zero-order valence-corrected chi connectivity index (χ0v) is 18.9. The molecule has 3 aromatic rings. The van der Waals surface area contributed by atoms with E-state index in [0.29, 0.717) is 23.8 Å². The number of aromatic nitrogens is 1. The molecule has 1 aliphatic rings. The van der Waals surface area contributed by atoms with Crippen molar-refractivity contribution in [2.45, 2.75) is 11.1 Å². The maximum Gasteiger partial charge on any atom is 0.235 e. The molecule has 2 heterocycles. The molecule has 0 spiro atoms. The molecule has 168 valence electrons. The molecule has 10 heteroatoms. The van der Waals surface area contributed by atoms with Gasteiger partial charge in [0.25, 0.3) is 0 Å². The van der Waals surface area contributed by atoms with Gasteiger partial charge in [-0.05, 0) is 54.8 Å². The Balaban J connectivity index is 1.43. The predicted molar refractivity (Wildman–Crippen MR) is 124 cm³/mol. The number of halogens is 2. The van der Waals surface area contributed by atoms with Crippen LogP contribution in [0.3, 0.4) is 0 Å². The Morgan fingerprint density at radius 3 is 2.62 bits per heavy atom. The van der Waals surface area contributed by atoms with Gasteiger partial charge in [0, 0.05) is 24.3 Å². The molecular weight excluding hydrogens is 454 g/mol. The van der Waals surface area contributed by atoms with Gasteiger partial charge in [0.05, 0.1) is 29.0 Å². The molecule has 1 aliphatic heterocycles. The third kappa shape index (κ3) is 4.49. The van der Waals surface area contributed by atoms with Gasteiger partial charge in [-0.15, -0.1) is 0 Å². The van der Waals surface area contributed by atoms with Crippen molar-refractivity contribution in [1.29, 1.82) is 0 Å². The number of aliphatic hydroxyl groups is 1. The highest BCUT2D eigenvalue weighted by molar-refractivity contribution is 7.99. The first-order valence-electron chi connectivity index (χ1n) is 9.98. The number of nitrogens with two attached hydrogens (primary N) is 1. The number of aryl methyl sites for hydroxylation is 1. The Labute approximate surface area is 192 Å². The van der Waals surface area contributed by atoms with Gasteiger partial charge in [-0.1, -0.05) is 23.5 Å². The summed E-state index contributed by atoms with van der Waals surface area (Å²) in [4.78, 5) is 21.0. The van der Waals surface area contributed by atoms with Crippen molar-refractivity contribution in [2.75, 3.05) is 36.0 Å². The minimum atomic E-state index is -0.491. The molecule has 1 aromatic heterocycles. The second-order valence-electron chi connectivity index (χ2n) is 7.47. The molecular formula is C22H22F2N4O2S2. The highest BCUT2D eigenvalue weighted by atomic mass is 32.2. The van der Waals surface area contributed by atoms with Crippen molar-refractivity contribution in [1.82, 2.24) is 4.98 Å². The van der Waals surface area contributed by atoms with E-state index in [0.717, 1.165) is 39.7 Å². The monoisotopic (exact) mass is 476 g/mol. The van der Waals surface area contributed by atoms with E-state index in [1.807, 2.05) is 24.0 Å². The fourth-order valence-corrected chi connectivity index (χ4v) is 5.10. The minimum Gasteiger partial charge on any atom is -0.395 e. The van der Waals surface area contributed by atoms with Crippen LogP contribution in [-0.4, -0.2) is 42.2 Å². The Morgan fingerprint density at radius 2 is 2.00 bits per heavy atom. The molecule has 0 atom stereocenters. The van der Waals surface area contributed by atoms with Crippen molar-refractivity contribution < 1.29 is 18.7 Å². The summed E-state index contributed by atoms with van der Waals surface area (Å²) in [6.45, 7) is 2.89. The lowest BCUT2D eigenvalue weighted by Gasteiger charge is -2.41. The molecule has 0 radical (unpaired) electrons. The summed E-state index contributed by atoms with van der Waals surface area (Å²) in [5, 5.41) is 15.6. The van der Waals surface area contributed by atoms with Crippen LogP contribution in [0.1, 0.15) is 5.69 Å². The van der Waals surface area contributed by atoms with Crippen molar-refractivity contribution >= 4 is 40.0 Å². The van der Waals surface area contributed by atoms with E-state index >= 15 is 0 Å². The minimum absolute atomic E-state index is 0.0870. The highest BCUT2D eigenvalue weighted by Gasteiger charge is 2.37. The summed E-state index contributed by atoms with van der Waals surface area (Å²) in [6, 6.07) is 10.5. The third-order valence-electron chi connectivity index (χ3n) is 5.37. The van der Waals surface area contributed by atoms with Gasteiger partial charge < -0.3 is 10.0 Å². The summed E-state index contributed by atoms with van der Waals surface area (Å²) in [7, 11) is 0. The van der Waals surface area contributed by atoms with Crippen molar-refractivity contribution in [3.63, 3.8) is 0 Å². The van der Waals surface area contributed by atoms with Crippen LogP contribution in [0.15, 0.2) is 46.7 Å². The summed E-state index contributed by atoms with van der Waals surface area (Å²) in [5.41, 5.74) is 2.45. The first-order chi connectivity index (χ1) is 15.4. The number of anilines is 2. The number of carbonyl (C=O) groups is 1. The number of benzene rings is 2. The Bertz CT molecular complexity index is 1120. The average molecular weight is 477 g/mol. The van der Waals surface area contributed by atoms with Gasteiger partial charge in [-0.3, -0.25) is 14.8 Å². The van der Waals surface area contributed by atoms with Crippen LogP contribution < -0.4 is 14.9 Å². The number of nitrogens with zero attached hydrogens (tertiary/aromatic N) is 3. The molecule has 1 amide bonds. The van der Waals surface area contributed by atoms with Gasteiger partial charge in [0.2, 0.25) is 5.91 Å². The number of amides is 1. The van der Waals surface area contributed by atoms with Gasteiger partial charge in [-0.2, -0.15) is 0 Å². The van der Waals surface area contributed by atoms with Crippen LogP contribution in [0.25, 0.3) is 11.1 Å². The van der Waals surface area contributed by atoms with E-state index in [9.17, 15) is 18.7 Å². The third-order valence-corrected chi connectivity index (χ3v) is 7.40. The molecule has 6 nitrogen and oxygen atoms in total. The first-order valence-corrected chi connectivity index (χ1v) is 11.7. The number of carbonyl (C=O) groups excluding carboxylic acids is 1. The maximum absolute atomic E-state index is 14.0. The Morgan fingerprint density at radius 1 is 1.28 bits per heavy atom. The molecule has 32 heavy (non-hydrogen) atoms. The lowest BCUT2D eigenvalue weighted by Crippen LogP contribution is -2.55. The molecule has 0 saturated carbocycles. The van der Waals surface area contributed by atoms with E-state index < -0.39 is 11.6 Å². The molecule has 0 unspecified atom stereocenters. The lowest BCUT2D eigenvalue weighted by molar-refractivity contribution is -0.123. The van der Waals surface area contributed by atoms with Crippen LogP contribution in [0, 0.1) is 24.5 Å². The number of hydrogen-bond donors (Lipinski definition) is 2. The van der Waals surface area contributed by atoms with E-state index in [2.05, 4.69) is 4.98 Å². The average Bonchev–Trinajstić information content (AvgIpc) is 3.13. The van der Waals surface area contributed by atoms with E-state index in [-0.39, 0.29) is 30.5 Å². The molecule has 0 aliphatic carbocycles. The number of aliphatic hydroxyl groups excluding tert-OH is 1. The topological polar surface area (TPSA) is 82.7 Å². The zero-order valence-electron chi connectivity index (χ0n) is 17.3. The number of hydrogen-bond acceptors (Lipinski definition) is 7. The van der Waals surface area contributed by atoms with Gasteiger partial charge >= 0.3 is 0 Å². The molecule has 0 bridgehead atoms. The number of thiazole rings is 1. The summed E-state index contributed by atoms with van der Waals surface area (Å²) in [5.74, 6) is -1.28. The fourth-order valence-electron chi connectivity index (χ4n) is 3.63. The van der Waals surface area contributed by atoms with Crippen LogP contribution in [-0.2, 0) is 4.79 Å². The fraction of sp³-hybridized carbons (Fsp3) is 0.273. The molecule has 1 fully saturated rings. The second-order valence-corrected chi connectivity index (χ2v) is 9.35. The Kier molecular flexibility index (Phi) is 6.75. The maximum atomic E-state index is 14.0. The van der Waals surface area contributed by atoms with Gasteiger partial charge in [0.1, 0.15) is 11.6 Å². The predicted octanol–water partition coefficient (Wildman–Crippen LogP) is 3.82. The standard InChI is InChI=1S/C22H22F2N4O2S2/c1-13-21(32-25)31-22(26-13)28(8-9-29)20(30)15-11-27(12-15)17-5-2-14(3-6-17)18-10-16(23)4-7-19(18)24/h2-7,10,15,29H,8-9,11-12,25H2,1H3. The molecule has 4 rings (SSSR count). The van der Waals surface area contributed by atoms with Crippen LogP contribution in [0.2, 0.25) is 0 Å². The summed E-state index contributed by atoms with van der Waals surface area (Å²) in [6.07, 6.45) is 0. The van der Waals surface area contributed by atoms with Crippen molar-refractivity contribution in [3.05, 3.63) is 59.8 Å².